The number of pyridine rings is 1. The minimum atomic E-state index is -4.41. The largest absolute Gasteiger partial charge is 0.496 e. The number of hydrogen-bond acceptors (Lipinski definition) is 5. The van der Waals surface area contributed by atoms with E-state index in [1.807, 2.05) is 23.1 Å². The molecule has 0 saturated carbocycles. The van der Waals surface area contributed by atoms with Gasteiger partial charge in [0, 0.05) is 44.1 Å². The zero-order chi connectivity index (χ0) is 25.9. The van der Waals surface area contributed by atoms with Gasteiger partial charge in [0.2, 0.25) is 0 Å². The smallest absolute Gasteiger partial charge is 0.417 e. The second-order valence-corrected chi connectivity index (χ2v) is 9.67. The molecule has 0 bridgehead atoms. The number of nitrogens with zero attached hydrogens (tertiary/aromatic N) is 4. The van der Waals surface area contributed by atoms with Gasteiger partial charge in [-0.2, -0.15) is 13.2 Å². The third kappa shape index (κ3) is 6.03. The molecule has 3 heterocycles. The molecule has 4 rings (SSSR count). The molecule has 0 radical (unpaired) electrons. The first-order chi connectivity index (χ1) is 17.2. The van der Waals surface area contributed by atoms with Crippen molar-refractivity contribution in [2.24, 2.45) is 0 Å². The lowest BCUT2D eigenvalue weighted by atomic mass is 9.88. The molecule has 0 unspecified atom stereocenters. The molecule has 2 aromatic rings. The average molecular weight is 506 g/mol. The summed E-state index contributed by atoms with van der Waals surface area (Å²) in [4.78, 5) is 23.0. The molecule has 2 saturated heterocycles. The summed E-state index contributed by atoms with van der Waals surface area (Å²) in [5, 5.41) is 3.01. The van der Waals surface area contributed by atoms with Gasteiger partial charge in [0.05, 0.1) is 12.7 Å². The summed E-state index contributed by atoms with van der Waals surface area (Å²) < 4.78 is 44.0. The molecule has 7 nitrogen and oxygen atoms in total. The molecule has 10 heteroatoms. The highest BCUT2D eigenvalue weighted by atomic mass is 19.4. The molecule has 1 aromatic heterocycles. The quantitative estimate of drug-likeness (QED) is 0.616. The van der Waals surface area contributed by atoms with Gasteiger partial charge in [0.25, 0.3) is 0 Å². The summed E-state index contributed by atoms with van der Waals surface area (Å²) in [7, 11) is 1.67. The first kappa shape index (κ1) is 26.1. The van der Waals surface area contributed by atoms with Gasteiger partial charge in [-0.15, -0.1) is 0 Å². The Labute approximate surface area is 210 Å². The van der Waals surface area contributed by atoms with Gasteiger partial charge in [0.15, 0.2) is 0 Å². The fourth-order valence-corrected chi connectivity index (χ4v) is 4.94. The topological polar surface area (TPSA) is 60.9 Å². The van der Waals surface area contributed by atoms with E-state index in [2.05, 4.69) is 29.0 Å². The second-order valence-electron chi connectivity index (χ2n) is 9.67. The van der Waals surface area contributed by atoms with Crippen LogP contribution in [0.15, 0.2) is 36.5 Å². The molecule has 1 aromatic carbocycles. The standard InChI is InChI=1S/C26H34F3N5O2/c1-18(2)32-10-8-19(9-11-32)22-16-21(5-6-23(22)36-3)31-25(35)34-14-12-33(13-15-34)24-7-4-20(17-30-24)26(27,28)29/h4-7,16-19H,8-15H2,1-3H3,(H,31,35). The first-order valence-corrected chi connectivity index (χ1v) is 12.4. The number of halogens is 3. The zero-order valence-electron chi connectivity index (χ0n) is 21.0. The number of rotatable bonds is 5. The van der Waals surface area contributed by atoms with E-state index in [0.717, 1.165) is 55.2 Å². The summed E-state index contributed by atoms with van der Waals surface area (Å²) in [6.07, 6.45) is -1.46. The van der Waals surface area contributed by atoms with Crippen molar-refractivity contribution in [3.8, 4) is 5.75 Å². The van der Waals surface area contributed by atoms with Crippen molar-refractivity contribution in [2.45, 2.75) is 44.8 Å². The van der Waals surface area contributed by atoms with E-state index < -0.39 is 11.7 Å². The highest BCUT2D eigenvalue weighted by molar-refractivity contribution is 5.89. The van der Waals surface area contributed by atoms with Crippen molar-refractivity contribution < 1.29 is 22.7 Å². The van der Waals surface area contributed by atoms with Crippen molar-refractivity contribution in [3.05, 3.63) is 47.7 Å². The van der Waals surface area contributed by atoms with E-state index in [1.54, 1.807) is 12.0 Å². The van der Waals surface area contributed by atoms with Gasteiger partial charge in [-0.25, -0.2) is 9.78 Å². The molecule has 0 aliphatic carbocycles. The molecular formula is C26H34F3N5O2. The van der Waals surface area contributed by atoms with Gasteiger partial charge in [-0.3, -0.25) is 0 Å². The maximum absolute atomic E-state index is 12.9. The van der Waals surface area contributed by atoms with Crippen LogP contribution >= 0.6 is 0 Å². The van der Waals surface area contributed by atoms with Crippen LogP contribution in [-0.2, 0) is 6.18 Å². The zero-order valence-corrected chi connectivity index (χ0v) is 21.0. The van der Waals surface area contributed by atoms with Crippen LogP contribution < -0.4 is 15.0 Å². The third-order valence-corrected chi connectivity index (χ3v) is 7.15. The average Bonchev–Trinajstić information content (AvgIpc) is 2.88. The predicted molar refractivity (Wildman–Crippen MR) is 134 cm³/mol. The number of piperazine rings is 1. The molecule has 36 heavy (non-hydrogen) atoms. The van der Waals surface area contributed by atoms with Gasteiger partial charge in [0.1, 0.15) is 11.6 Å². The van der Waals surface area contributed by atoms with E-state index in [1.165, 1.54) is 6.07 Å². The number of carbonyl (C=O) groups excluding carboxylic acids is 1. The second kappa shape index (κ2) is 10.9. The van der Waals surface area contributed by atoms with Gasteiger partial charge in [-0.05, 0) is 81.6 Å². The Morgan fingerprint density at radius 1 is 1.06 bits per heavy atom. The molecule has 1 N–H and O–H groups in total. The van der Waals surface area contributed by atoms with E-state index in [0.29, 0.717) is 44.0 Å². The number of urea groups is 1. The van der Waals surface area contributed by atoms with Gasteiger partial charge < -0.3 is 24.8 Å². The number of piperidine rings is 1. The Morgan fingerprint density at radius 2 is 1.75 bits per heavy atom. The van der Waals surface area contributed by atoms with Gasteiger partial charge in [-0.1, -0.05) is 0 Å². The number of likely N-dealkylation sites (tertiary alicyclic amines) is 1. The number of ether oxygens (including phenoxy) is 1. The molecule has 2 aliphatic rings. The predicted octanol–water partition coefficient (Wildman–Crippen LogP) is 5.05. The van der Waals surface area contributed by atoms with Crippen LogP contribution in [0.1, 0.15) is 43.7 Å². The molecular weight excluding hydrogens is 471 g/mol. The van der Waals surface area contributed by atoms with Crippen molar-refractivity contribution in [1.82, 2.24) is 14.8 Å². The third-order valence-electron chi connectivity index (χ3n) is 7.15. The van der Waals surface area contributed by atoms with Gasteiger partial charge >= 0.3 is 12.2 Å². The molecule has 2 fully saturated rings. The lowest BCUT2D eigenvalue weighted by Crippen LogP contribution is -2.50. The number of anilines is 2. The van der Waals surface area contributed by atoms with Crippen LogP contribution in [0, 0.1) is 0 Å². The monoisotopic (exact) mass is 505 g/mol. The Bertz CT molecular complexity index is 1030. The van der Waals surface area contributed by atoms with Crippen LogP contribution in [0.2, 0.25) is 0 Å². The van der Waals surface area contributed by atoms with Crippen molar-refractivity contribution in [1.29, 1.82) is 0 Å². The maximum atomic E-state index is 12.9. The molecule has 2 aliphatic heterocycles. The maximum Gasteiger partial charge on any atom is 0.417 e. The van der Waals surface area contributed by atoms with Crippen LogP contribution in [0.5, 0.6) is 5.75 Å². The lowest BCUT2D eigenvalue weighted by molar-refractivity contribution is -0.137. The minimum absolute atomic E-state index is 0.194. The van der Waals surface area contributed by atoms with E-state index in [4.69, 9.17) is 4.74 Å². The Morgan fingerprint density at radius 3 is 2.31 bits per heavy atom. The van der Waals surface area contributed by atoms with Crippen LogP contribution in [0.4, 0.5) is 29.5 Å². The SMILES string of the molecule is COc1ccc(NC(=O)N2CCN(c3ccc(C(F)(F)F)cn3)CC2)cc1C1CCN(C(C)C)CC1. The summed E-state index contributed by atoms with van der Waals surface area (Å²) in [5.74, 6) is 1.70. The number of nitrogens with one attached hydrogen (secondary N) is 1. The van der Waals surface area contributed by atoms with Crippen LogP contribution in [-0.4, -0.2) is 73.2 Å². The highest BCUT2D eigenvalue weighted by Gasteiger charge is 2.31. The number of hydrogen-bond donors (Lipinski definition) is 1. The lowest BCUT2D eigenvalue weighted by Gasteiger charge is -2.36. The fourth-order valence-electron chi connectivity index (χ4n) is 4.94. The number of amides is 2. The van der Waals surface area contributed by atoms with Crippen molar-refractivity contribution >= 4 is 17.5 Å². The van der Waals surface area contributed by atoms with E-state index >= 15 is 0 Å². The molecule has 0 spiro atoms. The normalized spacial score (nSPS) is 18.0. The van der Waals surface area contributed by atoms with Crippen LogP contribution in [0.3, 0.4) is 0 Å². The summed E-state index contributed by atoms with van der Waals surface area (Å²) in [6, 6.07) is 8.54. The first-order valence-electron chi connectivity index (χ1n) is 12.4. The summed E-state index contributed by atoms with van der Waals surface area (Å²) in [5.41, 5.74) is 1.08. The number of benzene rings is 1. The number of aromatic nitrogens is 1. The van der Waals surface area contributed by atoms with E-state index in [9.17, 15) is 18.0 Å². The van der Waals surface area contributed by atoms with Crippen LogP contribution in [0.25, 0.3) is 0 Å². The Balaban J connectivity index is 1.35. The summed E-state index contributed by atoms with van der Waals surface area (Å²) in [6.45, 7) is 8.41. The fraction of sp³-hybridized carbons (Fsp3) is 0.538. The minimum Gasteiger partial charge on any atom is -0.496 e. The number of carbonyl (C=O) groups is 1. The molecule has 2 amide bonds. The van der Waals surface area contributed by atoms with E-state index in [-0.39, 0.29) is 6.03 Å². The summed E-state index contributed by atoms with van der Waals surface area (Å²) >= 11 is 0. The Kier molecular flexibility index (Phi) is 7.92. The molecule has 0 atom stereocenters. The molecule has 196 valence electrons. The van der Waals surface area contributed by atoms with Crippen molar-refractivity contribution in [2.75, 3.05) is 56.6 Å². The number of methoxy groups -OCH3 is 1. The number of alkyl halides is 3. The van der Waals surface area contributed by atoms with Crippen molar-refractivity contribution in [3.63, 3.8) is 0 Å². The highest BCUT2D eigenvalue weighted by Crippen LogP contribution is 2.36. The Hall–Kier alpha value is -3.01.